The highest BCUT2D eigenvalue weighted by Gasteiger charge is 2.56. The Kier molecular flexibility index (Phi) is 5.93. The molecule has 35 heavy (non-hydrogen) atoms. The molecule has 0 amide bonds. The van der Waals surface area contributed by atoms with E-state index in [2.05, 4.69) is 32.4 Å². The predicted molar refractivity (Wildman–Crippen MR) is 126 cm³/mol. The number of rotatable bonds is 7. The zero-order valence-corrected chi connectivity index (χ0v) is 19.9. The third kappa shape index (κ3) is 4.30. The standard InChI is InChI=1S/C25H31N5O5/c1-25(2)34-20-18(11-31)33-24(21(20)35-25)30-14-28-19-22(26-13-27-23(19)30)29-16-9-6-10-17(16)32-12-15-7-4-3-5-8-15/h3-5,7-8,13-14,16-18,20-21,24,31H,6,9-12H2,1-2H3,(H,26,27,29)/t16-,17-,18+,20+,21+,24+/m0/s1. The average molecular weight is 482 g/mol. The lowest BCUT2D eigenvalue weighted by Gasteiger charge is -2.24. The molecule has 10 heteroatoms. The van der Waals surface area contributed by atoms with E-state index in [0.717, 1.165) is 19.3 Å². The number of fused-ring (bicyclic) bond motifs is 2. The second kappa shape index (κ2) is 9.11. The normalized spacial score (nSPS) is 31.7. The van der Waals surface area contributed by atoms with Crippen LogP contribution >= 0.6 is 0 Å². The Balaban J connectivity index is 1.21. The van der Waals surface area contributed by atoms with Gasteiger partial charge in [0.05, 0.1) is 31.7 Å². The summed E-state index contributed by atoms with van der Waals surface area (Å²) < 4.78 is 26.3. The van der Waals surface area contributed by atoms with Crippen LogP contribution in [0.25, 0.3) is 11.2 Å². The summed E-state index contributed by atoms with van der Waals surface area (Å²) in [6.07, 6.45) is 4.68. The number of benzene rings is 1. The van der Waals surface area contributed by atoms with Crippen molar-refractivity contribution in [2.24, 2.45) is 0 Å². The fourth-order valence-electron chi connectivity index (χ4n) is 5.42. The Hall–Kier alpha value is -2.63. The van der Waals surface area contributed by atoms with Gasteiger partial charge < -0.3 is 29.4 Å². The molecule has 3 aliphatic rings. The number of aromatic nitrogens is 4. The summed E-state index contributed by atoms with van der Waals surface area (Å²) in [6, 6.07) is 10.4. The smallest absolute Gasteiger partial charge is 0.167 e. The van der Waals surface area contributed by atoms with Crippen LogP contribution in [0.2, 0.25) is 0 Å². The molecule has 6 rings (SSSR count). The molecule has 10 nitrogen and oxygen atoms in total. The van der Waals surface area contributed by atoms with Gasteiger partial charge in [-0.25, -0.2) is 15.0 Å². The first-order valence-electron chi connectivity index (χ1n) is 12.2. The maximum absolute atomic E-state index is 9.82. The minimum absolute atomic E-state index is 0.0952. The third-order valence-corrected chi connectivity index (χ3v) is 7.02. The number of nitrogens with zero attached hydrogens (tertiary/aromatic N) is 4. The van der Waals surface area contributed by atoms with Crippen LogP contribution in [-0.2, 0) is 25.6 Å². The molecule has 3 fully saturated rings. The molecule has 186 valence electrons. The van der Waals surface area contributed by atoms with Crippen LogP contribution in [0.15, 0.2) is 43.0 Å². The molecule has 1 saturated carbocycles. The second-order valence-electron chi connectivity index (χ2n) is 9.88. The van der Waals surface area contributed by atoms with E-state index >= 15 is 0 Å². The van der Waals surface area contributed by atoms with Gasteiger partial charge in [-0.05, 0) is 38.7 Å². The van der Waals surface area contributed by atoms with Crippen molar-refractivity contribution in [3.63, 3.8) is 0 Å². The van der Waals surface area contributed by atoms with Crippen LogP contribution in [0.1, 0.15) is 44.9 Å². The molecule has 1 aromatic carbocycles. The summed E-state index contributed by atoms with van der Waals surface area (Å²) in [5, 5.41) is 13.4. The maximum Gasteiger partial charge on any atom is 0.167 e. The molecule has 2 N–H and O–H groups in total. The monoisotopic (exact) mass is 481 g/mol. The lowest BCUT2D eigenvalue weighted by molar-refractivity contribution is -0.199. The SMILES string of the molecule is CC1(C)O[C@@H]2[C@H](O1)[C@@H](CO)O[C@H]2n1cnc2c(N[C@H]3CCC[C@@H]3OCc3ccccc3)ncnc21. The lowest BCUT2D eigenvalue weighted by Crippen LogP contribution is -2.31. The molecule has 1 aliphatic carbocycles. The summed E-state index contributed by atoms with van der Waals surface area (Å²) in [4.78, 5) is 13.6. The molecule has 2 saturated heterocycles. The Morgan fingerprint density at radius 2 is 1.94 bits per heavy atom. The van der Waals surface area contributed by atoms with Gasteiger partial charge in [0.25, 0.3) is 0 Å². The Bertz CT molecular complexity index is 1170. The molecule has 0 unspecified atom stereocenters. The Morgan fingerprint density at radius 1 is 1.11 bits per heavy atom. The number of hydrogen-bond donors (Lipinski definition) is 2. The molecule has 0 radical (unpaired) electrons. The molecule has 0 spiro atoms. The maximum atomic E-state index is 9.82. The number of anilines is 1. The minimum Gasteiger partial charge on any atom is -0.394 e. The molecule has 0 bridgehead atoms. The zero-order chi connectivity index (χ0) is 24.0. The lowest BCUT2D eigenvalue weighted by atomic mass is 10.1. The van der Waals surface area contributed by atoms with Crippen molar-refractivity contribution in [3.05, 3.63) is 48.5 Å². The molecule has 6 atom stereocenters. The van der Waals surface area contributed by atoms with Crippen LogP contribution in [0.5, 0.6) is 0 Å². The largest absolute Gasteiger partial charge is 0.394 e. The van der Waals surface area contributed by atoms with Gasteiger partial charge in [0.1, 0.15) is 24.6 Å². The summed E-state index contributed by atoms with van der Waals surface area (Å²) in [5.41, 5.74) is 2.46. The highest BCUT2D eigenvalue weighted by molar-refractivity contribution is 5.82. The highest BCUT2D eigenvalue weighted by Crippen LogP contribution is 2.43. The number of ether oxygens (including phenoxy) is 4. The third-order valence-electron chi connectivity index (χ3n) is 7.02. The summed E-state index contributed by atoms with van der Waals surface area (Å²) in [7, 11) is 0. The van der Waals surface area contributed by atoms with Crippen molar-refractivity contribution in [2.75, 3.05) is 11.9 Å². The van der Waals surface area contributed by atoms with E-state index in [-0.39, 0.29) is 31.0 Å². The Morgan fingerprint density at radius 3 is 2.77 bits per heavy atom. The first kappa shape index (κ1) is 22.8. The average Bonchev–Trinajstić information content (AvgIpc) is 3.61. The van der Waals surface area contributed by atoms with Crippen LogP contribution in [0.4, 0.5) is 5.82 Å². The van der Waals surface area contributed by atoms with Gasteiger partial charge in [0, 0.05) is 0 Å². The van der Waals surface area contributed by atoms with E-state index in [0.29, 0.717) is 23.6 Å². The molecule has 2 aliphatic heterocycles. The van der Waals surface area contributed by atoms with Crippen LogP contribution in [0, 0.1) is 0 Å². The van der Waals surface area contributed by atoms with E-state index < -0.39 is 18.1 Å². The summed E-state index contributed by atoms with van der Waals surface area (Å²) in [6.45, 7) is 4.16. The van der Waals surface area contributed by atoms with Crippen molar-refractivity contribution in [1.29, 1.82) is 0 Å². The van der Waals surface area contributed by atoms with Crippen molar-refractivity contribution >= 4 is 17.0 Å². The van der Waals surface area contributed by atoms with E-state index in [9.17, 15) is 5.11 Å². The summed E-state index contributed by atoms with van der Waals surface area (Å²) >= 11 is 0. The number of aliphatic hydroxyl groups excluding tert-OH is 1. The van der Waals surface area contributed by atoms with E-state index in [1.807, 2.05) is 36.6 Å². The van der Waals surface area contributed by atoms with Gasteiger partial charge >= 0.3 is 0 Å². The molecule has 3 aromatic rings. The van der Waals surface area contributed by atoms with Gasteiger partial charge in [-0.2, -0.15) is 0 Å². The first-order chi connectivity index (χ1) is 17.0. The molecule has 2 aromatic heterocycles. The quantitative estimate of drug-likeness (QED) is 0.526. The van der Waals surface area contributed by atoms with Gasteiger partial charge in [0.2, 0.25) is 0 Å². The van der Waals surface area contributed by atoms with Gasteiger partial charge in [-0.3, -0.25) is 4.57 Å². The number of imidazole rings is 1. The van der Waals surface area contributed by atoms with E-state index in [1.54, 1.807) is 6.33 Å². The molecular formula is C25H31N5O5. The van der Waals surface area contributed by atoms with Crippen molar-refractivity contribution in [3.8, 4) is 0 Å². The van der Waals surface area contributed by atoms with Crippen LogP contribution in [-0.4, -0.2) is 67.5 Å². The number of hydrogen-bond acceptors (Lipinski definition) is 9. The predicted octanol–water partition coefficient (Wildman–Crippen LogP) is 2.79. The van der Waals surface area contributed by atoms with Crippen molar-refractivity contribution < 1.29 is 24.1 Å². The first-order valence-corrected chi connectivity index (χ1v) is 12.2. The fraction of sp³-hybridized carbons (Fsp3) is 0.560. The zero-order valence-electron chi connectivity index (χ0n) is 19.9. The van der Waals surface area contributed by atoms with Crippen molar-refractivity contribution in [2.45, 2.75) is 82.2 Å². The number of aliphatic hydroxyl groups is 1. The van der Waals surface area contributed by atoms with Crippen LogP contribution in [0.3, 0.4) is 0 Å². The highest BCUT2D eigenvalue weighted by atomic mass is 16.8. The van der Waals surface area contributed by atoms with Gasteiger partial charge in [-0.15, -0.1) is 0 Å². The van der Waals surface area contributed by atoms with E-state index in [1.165, 1.54) is 11.9 Å². The fourth-order valence-corrected chi connectivity index (χ4v) is 5.42. The molecule has 4 heterocycles. The molecular weight excluding hydrogens is 450 g/mol. The number of nitrogens with one attached hydrogen (secondary N) is 1. The second-order valence-corrected chi connectivity index (χ2v) is 9.88. The van der Waals surface area contributed by atoms with Crippen molar-refractivity contribution in [1.82, 2.24) is 19.5 Å². The van der Waals surface area contributed by atoms with Gasteiger partial charge in [-0.1, -0.05) is 30.3 Å². The van der Waals surface area contributed by atoms with E-state index in [4.69, 9.17) is 18.9 Å². The minimum atomic E-state index is -0.750. The Labute approximate surface area is 203 Å². The van der Waals surface area contributed by atoms with Crippen LogP contribution < -0.4 is 5.32 Å². The van der Waals surface area contributed by atoms with Gasteiger partial charge in [0.15, 0.2) is 29.0 Å². The topological polar surface area (TPSA) is 113 Å². The summed E-state index contributed by atoms with van der Waals surface area (Å²) in [5.74, 6) is -0.0775.